The standard InChI is InChI=1S/C39H38Cl2F2N6O4/c40-35-29(24-14-16-49-32(17-24)46-20-25(37(49)52)19-45-22-28-11-13-34(51)48-28)3-1-4-30(35)31-5-2-15-39(36(31)41,53-38(42)43)26-8-6-23(7-9-26)18-44-21-27-10-12-33(50)47-27/h1-9,14-17,20,27-28,36,38,44-45H,10-13,18-19,21-22H2,(H,47,50)(H,48,51)/t27-,28-,36?,39?/m0/s1. The lowest BCUT2D eigenvalue weighted by Crippen LogP contribution is -2.41. The third-order valence-corrected chi connectivity index (χ3v) is 10.9. The lowest BCUT2D eigenvalue weighted by atomic mass is 9.80. The summed E-state index contributed by atoms with van der Waals surface area (Å²) in [5, 5.41) is 11.7. The molecule has 4 aromatic rings. The highest BCUT2D eigenvalue weighted by Crippen LogP contribution is 2.47. The fraction of sp³-hybridized carbons (Fsp3) is 0.333. The minimum absolute atomic E-state index is 0.0363. The van der Waals surface area contributed by atoms with Gasteiger partial charge in [0, 0.05) is 74.6 Å². The predicted molar refractivity (Wildman–Crippen MR) is 200 cm³/mol. The summed E-state index contributed by atoms with van der Waals surface area (Å²) in [6, 6.07) is 16.2. The summed E-state index contributed by atoms with van der Waals surface area (Å²) < 4.78 is 35.0. The third-order valence-electron chi connectivity index (χ3n) is 9.96. The fourth-order valence-corrected chi connectivity index (χ4v) is 7.96. The monoisotopic (exact) mass is 762 g/mol. The Morgan fingerprint density at radius 1 is 0.943 bits per heavy atom. The first kappa shape index (κ1) is 36.9. The van der Waals surface area contributed by atoms with Crippen molar-refractivity contribution >= 4 is 46.2 Å². The van der Waals surface area contributed by atoms with Crippen molar-refractivity contribution in [3.05, 3.63) is 123 Å². The van der Waals surface area contributed by atoms with Gasteiger partial charge in [-0.25, -0.2) is 4.98 Å². The van der Waals surface area contributed by atoms with Gasteiger partial charge in [-0.15, -0.1) is 11.6 Å². The molecule has 2 aromatic carbocycles. The van der Waals surface area contributed by atoms with E-state index in [4.69, 9.17) is 27.9 Å². The van der Waals surface area contributed by atoms with E-state index in [0.717, 1.165) is 18.4 Å². The Hall–Kier alpha value is -4.46. The SMILES string of the molecule is O=C1CC[C@@H](CNCc2ccc(C3(OC(F)F)C=CC=C(c4cccc(-c5ccn6c(=O)c(CNC[C@@H]7CCC(=O)N7)cnc6c5)c4Cl)C3Cl)cc2)N1. The van der Waals surface area contributed by atoms with Crippen molar-refractivity contribution in [2.75, 3.05) is 13.1 Å². The molecule has 2 fully saturated rings. The van der Waals surface area contributed by atoms with E-state index in [0.29, 0.717) is 83.1 Å². The largest absolute Gasteiger partial charge is 0.352 e. The number of nitrogens with one attached hydrogen (secondary N) is 4. The summed E-state index contributed by atoms with van der Waals surface area (Å²) in [6.45, 7) is -1.10. The first-order chi connectivity index (χ1) is 25.6. The van der Waals surface area contributed by atoms with Gasteiger partial charge in [-0.2, -0.15) is 8.78 Å². The Morgan fingerprint density at radius 3 is 2.28 bits per heavy atom. The minimum Gasteiger partial charge on any atom is -0.352 e. The van der Waals surface area contributed by atoms with Crippen LogP contribution in [0.3, 0.4) is 0 Å². The zero-order valence-electron chi connectivity index (χ0n) is 28.6. The zero-order valence-corrected chi connectivity index (χ0v) is 30.1. The Morgan fingerprint density at radius 2 is 1.62 bits per heavy atom. The van der Waals surface area contributed by atoms with Crippen LogP contribution in [0.5, 0.6) is 0 Å². The molecular weight excluding hydrogens is 725 g/mol. The molecule has 53 heavy (non-hydrogen) atoms. The van der Waals surface area contributed by atoms with Crippen LogP contribution in [-0.4, -0.2) is 58.4 Å². The Kier molecular flexibility index (Phi) is 11.0. The number of alkyl halides is 3. The number of amides is 2. The summed E-state index contributed by atoms with van der Waals surface area (Å²) in [6.07, 6.45) is 10.7. The molecule has 2 unspecified atom stereocenters. The van der Waals surface area contributed by atoms with Crippen molar-refractivity contribution in [1.82, 2.24) is 30.7 Å². The number of hydrogen-bond donors (Lipinski definition) is 4. The van der Waals surface area contributed by atoms with Crippen molar-refractivity contribution in [2.24, 2.45) is 0 Å². The van der Waals surface area contributed by atoms with Gasteiger partial charge in [-0.3, -0.25) is 18.8 Å². The maximum Gasteiger partial charge on any atom is 0.346 e. The van der Waals surface area contributed by atoms with Crippen molar-refractivity contribution in [2.45, 2.75) is 68.4 Å². The van der Waals surface area contributed by atoms with Gasteiger partial charge in [0.15, 0.2) is 0 Å². The number of carbonyl (C=O) groups excluding carboxylic acids is 2. The van der Waals surface area contributed by atoms with E-state index in [1.165, 1.54) is 10.5 Å². The van der Waals surface area contributed by atoms with Gasteiger partial charge in [0.1, 0.15) is 11.2 Å². The molecule has 2 aliphatic heterocycles. The Bertz CT molecular complexity index is 2140. The van der Waals surface area contributed by atoms with Crippen LogP contribution in [0, 0.1) is 0 Å². The smallest absolute Gasteiger partial charge is 0.346 e. The number of allylic oxidation sites excluding steroid dienone is 2. The second-order valence-corrected chi connectivity index (χ2v) is 14.3. The van der Waals surface area contributed by atoms with Crippen molar-refractivity contribution < 1.29 is 23.1 Å². The summed E-state index contributed by atoms with van der Waals surface area (Å²) in [5.74, 6) is 0.0917. The second-order valence-electron chi connectivity index (χ2n) is 13.5. The van der Waals surface area contributed by atoms with Gasteiger partial charge in [0.05, 0.1) is 10.4 Å². The molecule has 0 saturated carbocycles. The van der Waals surface area contributed by atoms with Crippen molar-refractivity contribution in [1.29, 1.82) is 0 Å². The fourth-order valence-electron chi connectivity index (χ4n) is 7.17. The van der Waals surface area contributed by atoms with Crippen molar-refractivity contribution in [3.8, 4) is 11.1 Å². The second kappa shape index (κ2) is 15.9. The third kappa shape index (κ3) is 7.92. The molecule has 1 aliphatic carbocycles. The summed E-state index contributed by atoms with van der Waals surface area (Å²) in [4.78, 5) is 40.8. The van der Waals surface area contributed by atoms with E-state index >= 15 is 0 Å². The predicted octanol–water partition coefficient (Wildman–Crippen LogP) is 5.45. The Labute approximate surface area is 314 Å². The van der Waals surface area contributed by atoms with Gasteiger partial charge in [-0.1, -0.05) is 66.2 Å². The summed E-state index contributed by atoms with van der Waals surface area (Å²) in [7, 11) is 0. The Balaban J connectivity index is 1.10. The maximum absolute atomic E-state index is 14.1. The molecule has 2 saturated heterocycles. The molecule has 0 bridgehead atoms. The number of ether oxygens (including phenoxy) is 1. The molecule has 4 N–H and O–H groups in total. The zero-order chi connectivity index (χ0) is 37.1. The molecule has 7 rings (SSSR count). The van der Waals surface area contributed by atoms with E-state index in [1.54, 1.807) is 60.9 Å². The maximum atomic E-state index is 14.1. The number of pyridine rings is 1. The molecule has 2 aromatic heterocycles. The van der Waals surface area contributed by atoms with Crippen LogP contribution in [0.4, 0.5) is 8.78 Å². The van der Waals surface area contributed by atoms with Gasteiger partial charge in [-0.05, 0) is 58.9 Å². The number of halogens is 4. The molecule has 10 nitrogen and oxygen atoms in total. The van der Waals surface area contributed by atoms with Gasteiger partial charge in [0.25, 0.3) is 5.56 Å². The molecule has 0 spiro atoms. The quantitative estimate of drug-likeness (QED) is 0.134. The molecule has 0 radical (unpaired) electrons. The van der Waals surface area contributed by atoms with E-state index < -0.39 is 17.6 Å². The summed E-state index contributed by atoms with van der Waals surface area (Å²) >= 11 is 14.2. The highest BCUT2D eigenvalue weighted by molar-refractivity contribution is 6.36. The topological polar surface area (TPSA) is 126 Å². The average molecular weight is 764 g/mol. The summed E-state index contributed by atoms with van der Waals surface area (Å²) in [5.41, 5.74) is 2.74. The van der Waals surface area contributed by atoms with Crippen LogP contribution in [-0.2, 0) is 33.0 Å². The molecule has 276 valence electrons. The van der Waals surface area contributed by atoms with Crippen LogP contribution in [0.25, 0.3) is 22.3 Å². The molecule has 3 aliphatic rings. The average Bonchev–Trinajstić information content (AvgIpc) is 3.77. The van der Waals surface area contributed by atoms with Gasteiger partial charge in [0.2, 0.25) is 11.8 Å². The molecule has 2 amide bonds. The van der Waals surface area contributed by atoms with E-state index in [2.05, 4.69) is 26.3 Å². The van der Waals surface area contributed by atoms with Crippen LogP contribution >= 0.6 is 23.2 Å². The lowest BCUT2D eigenvalue weighted by molar-refractivity contribution is -0.193. The number of fused-ring (bicyclic) bond motifs is 1. The molecule has 14 heteroatoms. The number of rotatable bonds is 13. The number of aromatic nitrogens is 2. The number of hydrogen-bond acceptors (Lipinski definition) is 7. The number of carbonyl (C=O) groups is 2. The normalized spacial score (nSPS) is 22.7. The van der Waals surface area contributed by atoms with E-state index in [9.17, 15) is 23.2 Å². The van der Waals surface area contributed by atoms with Crippen LogP contribution in [0.2, 0.25) is 5.02 Å². The molecule has 4 heterocycles. The van der Waals surface area contributed by atoms with Crippen molar-refractivity contribution in [3.63, 3.8) is 0 Å². The lowest BCUT2D eigenvalue weighted by Gasteiger charge is -2.38. The highest BCUT2D eigenvalue weighted by Gasteiger charge is 2.45. The number of nitrogens with zero attached hydrogens (tertiary/aromatic N) is 2. The number of benzene rings is 2. The first-order valence-corrected chi connectivity index (χ1v) is 18.3. The van der Waals surface area contributed by atoms with E-state index in [-0.39, 0.29) is 29.5 Å². The molecular formula is C39H38Cl2F2N6O4. The highest BCUT2D eigenvalue weighted by atomic mass is 35.5. The first-order valence-electron chi connectivity index (χ1n) is 17.5. The molecule has 4 atom stereocenters. The minimum atomic E-state index is -3.12. The van der Waals surface area contributed by atoms with Crippen LogP contribution in [0.15, 0.2) is 90.0 Å². The van der Waals surface area contributed by atoms with Crippen LogP contribution < -0.4 is 26.8 Å². The van der Waals surface area contributed by atoms with Crippen LogP contribution in [0.1, 0.15) is 47.9 Å². The van der Waals surface area contributed by atoms with Gasteiger partial charge < -0.3 is 26.0 Å². The van der Waals surface area contributed by atoms with Gasteiger partial charge >= 0.3 is 6.61 Å². The van der Waals surface area contributed by atoms with E-state index in [1.807, 2.05) is 18.2 Å².